The Labute approximate surface area is 161 Å². The van der Waals surface area contributed by atoms with Crippen LogP contribution in [0.15, 0.2) is 41.5 Å². The van der Waals surface area contributed by atoms with Crippen molar-refractivity contribution in [2.24, 2.45) is 10.8 Å². The number of hydrazone groups is 1. The molecule has 0 unspecified atom stereocenters. The van der Waals surface area contributed by atoms with Crippen LogP contribution in [0.4, 0.5) is 0 Å². The normalized spacial score (nSPS) is 10.7. The molecule has 0 bridgehead atoms. The van der Waals surface area contributed by atoms with Gasteiger partial charge in [0.2, 0.25) is 0 Å². The topological polar surface area (TPSA) is 68.9 Å². The Kier molecular flexibility index (Phi) is 7.31. The van der Waals surface area contributed by atoms with Crippen molar-refractivity contribution >= 4 is 46.7 Å². The van der Waals surface area contributed by atoms with Crippen molar-refractivity contribution in [1.29, 1.82) is 0 Å². The van der Waals surface area contributed by atoms with E-state index in [1.54, 1.807) is 18.3 Å². The van der Waals surface area contributed by atoms with Crippen molar-refractivity contribution < 1.29 is 9.47 Å². The zero-order valence-corrected chi connectivity index (χ0v) is 15.8. The Balaban J connectivity index is 2.11. The third kappa shape index (κ3) is 6.08. The molecule has 0 saturated heterocycles. The van der Waals surface area contributed by atoms with Gasteiger partial charge >= 0.3 is 0 Å². The van der Waals surface area contributed by atoms with Gasteiger partial charge in [-0.25, -0.2) is 0 Å². The SMILES string of the molecule is CCOc1cc(/C=N\NC(N)=S)ccc1OCc1ccc(Cl)c(Cl)c1. The van der Waals surface area contributed by atoms with Gasteiger partial charge in [0, 0.05) is 0 Å². The van der Waals surface area contributed by atoms with Crippen molar-refractivity contribution in [3.8, 4) is 11.5 Å². The molecule has 0 aliphatic heterocycles. The Morgan fingerprint density at radius 2 is 1.96 bits per heavy atom. The monoisotopic (exact) mass is 397 g/mol. The molecule has 0 spiro atoms. The van der Waals surface area contributed by atoms with Crippen LogP contribution < -0.4 is 20.6 Å². The van der Waals surface area contributed by atoms with E-state index in [9.17, 15) is 0 Å². The summed E-state index contributed by atoms with van der Waals surface area (Å²) < 4.78 is 11.5. The van der Waals surface area contributed by atoms with Crippen LogP contribution >= 0.6 is 35.4 Å². The second kappa shape index (κ2) is 9.46. The van der Waals surface area contributed by atoms with Gasteiger partial charge < -0.3 is 15.2 Å². The van der Waals surface area contributed by atoms with Crippen molar-refractivity contribution in [2.75, 3.05) is 6.61 Å². The number of nitrogens with one attached hydrogen (secondary N) is 1. The molecule has 25 heavy (non-hydrogen) atoms. The van der Waals surface area contributed by atoms with Crippen molar-refractivity contribution in [1.82, 2.24) is 5.43 Å². The number of nitrogens with zero attached hydrogens (tertiary/aromatic N) is 1. The van der Waals surface area contributed by atoms with Gasteiger partial charge in [0.25, 0.3) is 0 Å². The summed E-state index contributed by atoms with van der Waals surface area (Å²) in [7, 11) is 0. The van der Waals surface area contributed by atoms with E-state index in [-0.39, 0.29) is 5.11 Å². The molecule has 3 N–H and O–H groups in total. The molecular formula is C17H17Cl2N3O2S. The van der Waals surface area contributed by atoms with Gasteiger partial charge in [-0.3, -0.25) is 5.43 Å². The standard InChI is InChI=1S/C17H17Cl2N3O2S/c1-2-23-16-8-11(9-21-22-17(20)25)4-6-15(16)24-10-12-3-5-13(18)14(19)7-12/h3-9H,2,10H2,1H3,(H3,20,22,25)/b21-9-. The second-order valence-electron chi connectivity index (χ2n) is 4.91. The first-order chi connectivity index (χ1) is 12.0. The van der Waals surface area contributed by atoms with E-state index in [2.05, 4.69) is 22.7 Å². The lowest BCUT2D eigenvalue weighted by molar-refractivity contribution is 0.269. The highest BCUT2D eigenvalue weighted by Gasteiger charge is 2.07. The van der Waals surface area contributed by atoms with Crippen molar-refractivity contribution in [2.45, 2.75) is 13.5 Å². The number of ether oxygens (including phenoxy) is 2. The summed E-state index contributed by atoms with van der Waals surface area (Å²) in [6, 6.07) is 10.8. The Bertz CT molecular complexity index is 784. The summed E-state index contributed by atoms with van der Waals surface area (Å²) in [6.45, 7) is 2.75. The lowest BCUT2D eigenvalue weighted by atomic mass is 10.2. The minimum Gasteiger partial charge on any atom is -0.490 e. The maximum Gasteiger partial charge on any atom is 0.184 e. The molecule has 8 heteroatoms. The lowest BCUT2D eigenvalue weighted by Gasteiger charge is -2.13. The Morgan fingerprint density at radius 1 is 1.16 bits per heavy atom. The summed E-state index contributed by atoms with van der Waals surface area (Å²) in [6.07, 6.45) is 1.59. The fourth-order valence-corrected chi connectivity index (χ4v) is 2.33. The van der Waals surface area contributed by atoms with E-state index >= 15 is 0 Å². The van der Waals surface area contributed by atoms with Crippen LogP contribution in [0.2, 0.25) is 10.0 Å². The Hall–Kier alpha value is -2.02. The summed E-state index contributed by atoms with van der Waals surface area (Å²) in [5.41, 5.74) is 9.54. The first-order valence-electron chi connectivity index (χ1n) is 7.41. The molecule has 0 heterocycles. The molecule has 0 atom stereocenters. The molecule has 0 aliphatic carbocycles. The molecule has 5 nitrogen and oxygen atoms in total. The molecule has 2 aromatic rings. The molecule has 2 rings (SSSR count). The van der Waals surface area contributed by atoms with Crippen LogP contribution in [-0.4, -0.2) is 17.9 Å². The second-order valence-corrected chi connectivity index (χ2v) is 6.16. The summed E-state index contributed by atoms with van der Waals surface area (Å²) in [5.74, 6) is 1.23. The van der Waals surface area contributed by atoms with E-state index < -0.39 is 0 Å². The van der Waals surface area contributed by atoms with Crippen LogP contribution in [0.5, 0.6) is 11.5 Å². The van der Waals surface area contributed by atoms with Gasteiger partial charge in [0.05, 0.1) is 22.9 Å². The quantitative estimate of drug-likeness (QED) is 0.417. The highest BCUT2D eigenvalue weighted by molar-refractivity contribution is 7.80. The first kappa shape index (κ1) is 19.3. The number of benzene rings is 2. The smallest absolute Gasteiger partial charge is 0.184 e. The van der Waals surface area contributed by atoms with Crippen molar-refractivity contribution in [3.63, 3.8) is 0 Å². The largest absolute Gasteiger partial charge is 0.490 e. The predicted molar refractivity (Wildman–Crippen MR) is 106 cm³/mol. The molecule has 0 fully saturated rings. The molecular weight excluding hydrogens is 381 g/mol. The minimum atomic E-state index is 0.0999. The third-order valence-electron chi connectivity index (χ3n) is 3.03. The third-order valence-corrected chi connectivity index (χ3v) is 3.86. The van der Waals surface area contributed by atoms with Crippen LogP contribution in [-0.2, 0) is 6.61 Å². The zero-order valence-electron chi connectivity index (χ0n) is 13.5. The van der Waals surface area contributed by atoms with E-state index in [4.69, 9.17) is 38.4 Å². The molecule has 0 amide bonds. The van der Waals surface area contributed by atoms with Crippen LogP contribution in [0, 0.1) is 0 Å². The maximum atomic E-state index is 6.02. The summed E-state index contributed by atoms with van der Waals surface area (Å²) in [4.78, 5) is 0. The highest BCUT2D eigenvalue weighted by Crippen LogP contribution is 2.29. The van der Waals surface area contributed by atoms with E-state index in [1.807, 2.05) is 31.2 Å². The van der Waals surface area contributed by atoms with E-state index in [1.165, 1.54) is 0 Å². The summed E-state index contributed by atoms with van der Waals surface area (Å²) in [5, 5.41) is 5.02. The lowest BCUT2D eigenvalue weighted by Crippen LogP contribution is -2.23. The van der Waals surface area contributed by atoms with Gasteiger partial charge in [-0.1, -0.05) is 29.3 Å². The number of thiocarbonyl (C=S) groups is 1. The van der Waals surface area contributed by atoms with E-state index in [0.29, 0.717) is 34.8 Å². The van der Waals surface area contributed by atoms with Gasteiger partial charge in [0.1, 0.15) is 6.61 Å². The zero-order chi connectivity index (χ0) is 18.2. The van der Waals surface area contributed by atoms with Gasteiger partial charge in [0.15, 0.2) is 16.6 Å². The molecule has 132 valence electrons. The number of rotatable bonds is 7. The fraction of sp³-hybridized carbons (Fsp3) is 0.176. The molecule has 0 radical (unpaired) electrons. The number of hydrogen-bond acceptors (Lipinski definition) is 4. The minimum absolute atomic E-state index is 0.0999. The number of halogens is 2. The molecule has 0 aliphatic rings. The average molecular weight is 398 g/mol. The summed E-state index contributed by atoms with van der Waals surface area (Å²) >= 11 is 16.6. The van der Waals surface area contributed by atoms with Gasteiger partial charge in [-0.15, -0.1) is 0 Å². The van der Waals surface area contributed by atoms with E-state index in [0.717, 1.165) is 11.1 Å². The van der Waals surface area contributed by atoms with Gasteiger partial charge in [-0.2, -0.15) is 5.10 Å². The molecule has 0 aromatic heterocycles. The van der Waals surface area contributed by atoms with Crippen LogP contribution in [0.3, 0.4) is 0 Å². The first-order valence-corrected chi connectivity index (χ1v) is 8.58. The fourth-order valence-electron chi connectivity index (χ4n) is 1.95. The van der Waals surface area contributed by atoms with Crippen LogP contribution in [0.25, 0.3) is 0 Å². The molecule has 2 aromatic carbocycles. The van der Waals surface area contributed by atoms with Crippen LogP contribution in [0.1, 0.15) is 18.1 Å². The highest BCUT2D eigenvalue weighted by atomic mass is 35.5. The molecule has 0 saturated carbocycles. The van der Waals surface area contributed by atoms with Crippen molar-refractivity contribution in [3.05, 3.63) is 57.6 Å². The average Bonchev–Trinajstić information content (AvgIpc) is 2.57. The Morgan fingerprint density at radius 3 is 2.64 bits per heavy atom. The van der Waals surface area contributed by atoms with Gasteiger partial charge in [-0.05, 0) is 60.6 Å². The maximum absolute atomic E-state index is 6.02. The predicted octanol–water partition coefficient (Wildman–Crippen LogP) is 4.14. The number of nitrogens with two attached hydrogens (primary N) is 1. The number of hydrogen-bond donors (Lipinski definition) is 2.